The number of rotatable bonds is 2. The molecule has 1 saturated carbocycles. The summed E-state index contributed by atoms with van der Waals surface area (Å²) >= 11 is 1.91. The average molecular weight is 546 g/mol. The molecule has 0 bridgehead atoms. The maximum absolute atomic E-state index is 10.5. The Bertz CT molecular complexity index is 1850. The lowest BCUT2D eigenvalue weighted by Crippen LogP contribution is -2.34. The van der Waals surface area contributed by atoms with Crippen LogP contribution in [-0.2, 0) is 17.9 Å². The first-order chi connectivity index (χ1) is 18.9. The van der Waals surface area contributed by atoms with Gasteiger partial charge in [-0.15, -0.1) is 11.3 Å². The molecule has 1 aliphatic rings. The van der Waals surface area contributed by atoms with Crippen molar-refractivity contribution in [1.82, 2.24) is 0 Å². The summed E-state index contributed by atoms with van der Waals surface area (Å²) in [7, 11) is 2.18. The van der Waals surface area contributed by atoms with E-state index in [1.807, 2.05) is 11.3 Å². The number of nitriles is 1. The highest BCUT2D eigenvalue weighted by molar-refractivity contribution is 7.26. The van der Waals surface area contributed by atoms with Crippen LogP contribution in [0.2, 0.25) is 0 Å². The third kappa shape index (κ3) is 4.07. The number of nitrogens with zero attached hydrogens (tertiary/aromatic N) is 2. The Kier molecular flexibility index (Phi) is 6.17. The molecule has 3 heteroatoms. The molecular weight excluding hydrogens is 504 g/mol. The molecule has 1 aliphatic carbocycles. The van der Waals surface area contributed by atoms with Crippen LogP contribution >= 0.6 is 11.3 Å². The van der Waals surface area contributed by atoms with Gasteiger partial charge < -0.3 is 0 Å². The predicted octanol–water partition coefficient (Wildman–Crippen LogP) is 9.98. The van der Waals surface area contributed by atoms with Crippen LogP contribution < -0.4 is 4.57 Å². The van der Waals surface area contributed by atoms with Crippen LogP contribution in [0.3, 0.4) is 0 Å². The van der Waals surface area contributed by atoms with Crippen molar-refractivity contribution in [3.8, 4) is 17.3 Å². The predicted molar refractivity (Wildman–Crippen MR) is 171 cm³/mol. The molecule has 40 heavy (non-hydrogen) atoms. The lowest BCUT2D eigenvalue weighted by Gasteiger charge is -2.40. The van der Waals surface area contributed by atoms with E-state index in [1.165, 1.54) is 64.5 Å². The van der Waals surface area contributed by atoms with Crippen molar-refractivity contribution in [1.29, 1.82) is 5.26 Å². The molecule has 0 amide bonds. The monoisotopic (exact) mass is 545 g/mol. The summed E-state index contributed by atoms with van der Waals surface area (Å²) in [6.45, 7) is 16.2. The second-order valence-corrected chi connectivity index (χ2v) is 15.0. The zero-order valence-corrected chi connectivity index (χ0v) is 26.1. The van der Waals surface area contributed by atoms with E-state index in [0.29, 0.717) is 5.41 Å². The van der Waals surface area contributed by atoms with Gasteiger partial charge in [-0.05, 0) is 89.5 Å². The fourth-order valence-corrected chi connectivity index (χ4v) is 8.48. The number of hydrogen-bond donors (Lipinski definition) is 0. The standard InChI is InChI=1S/C37H41N2S/c1-23-25-11-9-10-12-26(25)31(35(3,4)5)21-29(23)32-34-28(15-20-39(32)8)27-13-14-30(24(2)33(27)40-34)37(22-38)18-16-36(6,7)17-19-37/h9-15,20-21H,16-19H2,1-8H3/q+1. The molecule has 0 saturated heterocycles. The molecule has 0 aliphatic heterocycles. The van der Waals surface area contributed by atoms with Gasteiger partial charge in [0.1, 0.15) is 11.7 Å². The van der Waals surface area contributed by atoms with Gasteiger partial charge in [-0.3, -0.25) is 0 Å². The van der Waals surface area contributed by atoms with Crippen molar-refractivity contribution in [2.24, 2.45) is 12.5 Å². The molecule has 0 unspecified atom stereocenters. The van der Waals surface area contributed by atoms with E-state index in [2.05, 4.69) is 121 Å². The van der Waals surface area contributed by atoms with E-state index in [4.69, 9.17) is 0 Å². The Hall–Kier alpha value is -3.22. The smallest absolute Gasteiger partial charge is 0.200 e. The normalized spacial score (nSPS) is 17.0. The summed E-state index contributed by atoms with van der Waals surface area (Å²) in [6.07, 6.45) is 6.31. The molecule has 0 spiro atoms. The van der Waals surface area contributed by atoms with E-state index < -0.39 is 0 Å². The first-order valence-corrected chi connectivity index (χ1v) is 15.5. The van der Waals surface area contributed by atoms with Gasteiger partial charge in [0.15, 0.2) is 6.20 Å². The van der Waals surface area contributed by atoms with Gasteiger partial charge in [0, 0.05) is 21.5 Å². The Morgan fingerprint density at radius 3 is 2.12 bits per heavy atom. The van der Waals surface area contributed by atoms with Gasteiger partial charge in [0.2, 0.25) is 5.69 Å². The quantitative estimate of drug-likeness (QED) is 0.203. The van der Waals surface area contributed by atoms with Gasteiger partial charge in [-0.25, -0.2) is 0 Å². The third-order valence-corrected chi connectivity index (χ3v) is 11.1. The van der Waals surface area contributed by atoms with Crippen LogP contribution in [0, 0.1) is 30.6 Å². The molecular formula is C37H41N2S+. The number of fused-ring (bicyclic) bond motifs is 4. The number of thiophene rings is 1. The molecule has 0 N–H and O–H groups in total. The first-order valence-electron chi connectivity index (χ1n) is 14.7. The SMILES string of the molecule is Cc1c(-c2c3sc4c(C)c(C5(C#N)CCC(C)(C)CC5)ccc4c3cc[n+]2C)cc(C(C)(C)C)c2ccccc12. The van der Waals surface area contributed by atoms with Crippen molar-refractivity contribution in [3.63, 3.8) is 0 Å². The summed E-state index contributed by atoms with van der Waals surface area (Å²) in [6, 6.07) is 21.0. The lowest BCUT2D eigenvalue weighted by molar-refractivity contribution is -0.659. The summed E-state index contributed by atoms with van der Waals surface area (Å²) in [5.74, 6) is 0. The van der Waals surface area contributed by atoms with Gasteiger partial charge in [0.25, 0.3) is 0 Å². The highest BCUT2D eigenvalue weighted by Gasteiger charge is 2.41. The van der Waals surface area contributed by atoms with E-state index >= 15 is 0 Å². The Morgan fingerprint density at radius 2 is 1.48 bits per heavy atom. The van der Waals surface area contributed by atoms with Gasteiger partial charge >= 0.3 is 0 Å². The molecule has 1 fully saturated rings. The minimum absolute atomic E-state index is 0.0281. The molecule has 3 aromatic carbocycles. The minimum atomic E-state index is -0.381. The number of aryl methyl sites for hydroxylation is 3. The molecule has 204 valence electrons. The third-order valence-electron chi connectivity index (χ3n) is 9.74. The van der Waals surface area contributed by atoms with Crippen molar-refractivity contribution >= 4 is 42.3 Å². The van der Waals surface area contributed by atoms with Crippen LogP contribution in [0.4, 0.5) is 0 Å². The first kappa shape index (κ1) is 27.0. The van der Waals surface area contributed by atoms with Crippen molar-refractivity contribution in [2.75, 3.05) is 0 Å². The second-order valence-electron chi connectivity index (χ2n) is 14.0. The van der Waals surface area contributed by atoms with Crippen LogP contribution in [0.1, 0.15) is 82.6 Å². The maximum Gasteiger partial charge on any atom is 0.230 e. The minimum Gasteiger partial charge on any atom is -0.200 e. The summed E-state index contributed by atoms with van der Waals surface area (Å²) < 4.78 is 4.96. The van der Waals surface area contributed by atoms with Crippen LogP contribution in [-0.4, -0.2) is 0 Å². The summed E-state index contributed by atoms with van der Waals surface area (Å²) in [4.78, 5) is 0. The zero-order chi connectivity index (χ0) is 28.6. The topological polar surface area (TPSA) is 27.7 Å². The Morgan fingerprint density at radius 1 is 0.825 bits per heavy atom. The molecule has 2 aromatic heterocycles. The van der Waals surface area contributed by atoms with Crippen molar-refractivity contribution in [2.45, 2.75) is 85.0 Å². The van der Waals surface area contributed by atoms with Crippen molar-refractivity contribution in [3.05, 3.63) is 77.0 Å². The van der Waals surface area contributed by atoms with Crippen LogP contribution in [0.5, 0.6) is 0 Å². The summed E-state index contributed by atoms with van der Waals surface area (Å²) in [5, 5.41) is 15.8. The van der Waals surface area contributed by atoms with E-state index in [0.717, 1.165) is 25.7 Å². The van der Waals surface area contributed by atoms with Gasteiger partial charge in [-0.2, -0.15) is 9.83 Å². The lowest BCUT2D eigenvalue weighted by atomic mass is 9.62. The highest BCUT2D eigenvalue weighted by Crippen LogP contribution is 2.50. The zero-order valence-electron chi connectivity index (χ0n) is 25.3. The fourth-order valence-electron chi connectivity index (χ4n) is 7.09. The number of benzene rings is 3. The molecule has 6 rings (SSSR count). The number of hydrogen-bond acceptors (Lipinski definition) is 2. The molecule has 0 radical (unpaired) electrons. The summed E-state index contributed by atoms with van der Waals surface area (Å²) in [5.41, 5.74) is 7.81. The maximum atomic E-state index is 10.5. The average Bonchev–Trinajstić information content (AvgIpc) is 3.29. The fraction of sp³-hybridized carbons (Fsp3) is 0.405. The second kappa shape index (κ2) is 9.15. The largest absolute Gasteiger partial charge is 0.230 e. The number of aromatic nitrogens is 1. The van der Waals surface area contributed by atoms with Crippen LogP contribution in [0.25, 0.3) is 42.2 Å². The van der Waals surface area contributed by atoms with Gasteiger partial charge in [-0.1, -0.05) is 71.0 Å². The molecule has 2 heterocycles. The number of pyridine rings is 1. The van der Waals surface area contributed by atoms with E-state index in [-0.39, 0.29) is 10.8 Å². The highest BCUT2D eigenvalue weighted by atomic mass is 32.1. The van der Waals surface area contributed by atoms with Gasteiger partial charge in [0.05, 0.1) is 17.0 Å². The molecule has 2 nitrogen and oxygen atoms in total. The van der Waals surface area contributed by atoms with Crippen LogP contribution in [0.15, 0.2) is 54.7 Å². The molecule has 0 atom stereocenters. The van der Waals surface area contributed by atoms with E-state index in [9.17, 15) is 5.26 Å². The molecule has 5 aromatic rings. The Balaban J connectivity index is 1.62. The Labute approximate surface area is 243 Å². The van der Waals surface area contributed by atoms with Crippen molar-refractivity contribution < 1.29 is 4.57 Å². The van der Waals surface area contributed by atoms with E-state index in [1.54, 1.807) is 0 Å².